The minimum atomic E-state index is -1.77. The number of piperidine rings is 1. The van der Waals surface area contributed by atoms with Crippen LogP contribution in [0.15, 0.2) is 0 Å². The number of hydrogen-bond donors (Lipinski definition) is 2. The van der Waals surface area contributed by atoms with Gasteiger partial charge in [0, 0.05) is 32.0 Å². The van der Waals surface area contributed by atoms with Crippen LogP contribution in [0.1, 0.15) is 32.1 Å². The normalized spacial score (nSPS) is 36.1. The van der Waals surface area contributed by atoms with Gasteiger partial charge in [0.1, 0.15) is 0 Å². The first-order valence-electron chi connectivity index (χ1n) is 7.40. The highest BCUT2D eigenvalue weighted by Crippen LogP contribution is 2.43. The molecule has 3 fully saturated rings. The molecule has 0 bridgehead atoms. The van der Waals surface area contributed by atoms with Gasteiger partial charge in [-0.05, 0) is 19.4 Å². The summed E-state index contributed by atoms with van der Waals surface area (Å²) in [6, 6.07) is 0. The largest absolute Gasteiger partial charge is 0.481 e. The molecule has 0 radical (unpaired) electrons. The molecule has 3 rings (SSSR count). The van der Waals surface area contributed by atoms with Crippen molar-refractivity contribution < 1.29 is 19.1 Å². The van der Waals surface area contributed by atoms with Gasteiger partial charge in [-0.25, -0.2) is 4.39 Å². The van der Waals surface area contributed by atoms with E-state index < -0.39 is 23.0 Å². The number of carbonyl (C=O) groups excluding carboxylic acids is 1. The van der Waals surface area contributed by atoms with Crippen molar-refractivity contribution in [1.29, 1.82) is 0 Å². The molecule has 1 amide bonds. The number of alkyl halides is 1. The predicted octanol–water partition coefficient (Wildman–Crippen LogP) is 0.791. The Morgan fingerprint density at radius 1 is 1.40 bits per heavy atom. The summed E-state index contributed by atoms with van der Waals surface area (Å²) in [4.78, 5) is 25.4. The SMILES string of the molecule is O=C(O)C1(CN2CC3CNCCC3(F)C2=O)CCCC1. The van der Waals surface area contributed by atoms with Crippen LogP contribution in [0.2, 0.25) is 0 Å². The van der Waals surface area contributed by atoms with E-state index >= 15 is 0 Å². The highest BCUT2D eigenvalue weighted by atomic mass is 19.1. The molecular weight excluding hydrogens is 263 g/mol. The summed E-state index contributed by atoms with van der Waals surface area (Å²) in [6.45, 7) is 1.52. The zero-order chi connectivity index (χ0) is 14.4. The highest BCUT2D eigenvalue weighted by Gasteiger charge is 2.57. The molecule has 3 aliphatic rings. The summed E-state index contributed by atoms with van der Waals surface area (Å²) >= 11 is 0. The van der Waals surface area contributed by atoms with Gasteiger partial charge < -0.3 is 15.3 Å². The molecule has 2 aliphatic heterocycles. The number of rotatable bonds is 3. The Morgan fingerprint density at radius 3 is 2.70 bits per heavy atom. The van der Waals surface area contributed by atoms with E-state index in [0.717, 1.165) is 12.8 Å². The zero-order valence-electron chi connectivity index (χ0n) is 11.5. The molecule has 2 heterocycles. The van der Waals surface area contributed by atoms with Gasteiger partial charge in [-0.15, -0.1) is 0 Å². The summed E-state index contributed by atoms with van der Waals surface area (Å²) < 4.78 is 14.8. The number of amides is 1. The van der Waals surface area contributed by atoms with E-state index in [1.54, 1.807) is 0 Å². The van der Waals surface area contributed by atoms with Crippen LogP contribution in [-0.2, 0) is 9.59 Å². The van der Waals surface area contributed by atoms with Crippen molar-refractivity contribution in [3.8, 4) is 0 Å². The fourth-order valence-electron chi connectivity index (χ4n) is 4.01. The van der Waals surface area contributed by atoms with Crippen LogP contribution in [0, 0.1) is 11.3 Å². The molecule has 2 saturated heterocycles. The van der Waals surface area contributed by atoms with Crippen molar-refractivity contribution in [2.75, 3.05) is 26.2 Å². The number of hydrogen-bond acceptors (Lipinski definition) is 3. The molecule has 0 aromatic carbocycles. The number of carbonyl (C=O) groups is 2. The number of halogens is 1. The lowest BCUT2D eigenvalue weighted by Crippen LogP contribution is -2.49. The molecule has 112 valence electrons. The molecule has 5 nitrogen and oxygen atoms in total. The number of nitrogens with zero attached hydrogens (tertiary/aromatic N) is 1. The van der Waals surface area contributed by atoms with Crippen LogP contribution in [-0.4, -0.2) is 53.7 Å². The summed E-state index contributed by atoms with van der Waals surface area (Å²) in [6.07, 6.45) is 3.13. The van der Waals surface area contributed by atoms with E-state index in [9.17, 15) is 19.1 Å². The Kier molecular flexibility index (Phi) is 3.23. The van der Waals surface area contributed by atoms with Crippen LogP contribution < -0.4 is 5.32 Å². The maximum absolute atomic E-state index is 14.8. The quantitative estimate of drug-likeness (QED) is 0.804. The first-order valence-corrected chi connectivity index (χ1v) is 7.40. The van der Waals surface area contributed by atoms with Gasteiger partial charge in [0.15, 0.2) is 5.67 Å². The van der Waals surface area contributed by atoms with Crippen LogP contribution in [0.4, 0.5) is 4.39 Å². The minimum Gasteiger partial charge on any atom is -0.481 e. The maximum atomic E-state index is 14.8. The number of likely N-dealkylation sites (tertiary alicyclic amines) is 1. The van der Waals surface area contributed by atoms with E-state index in [0.29, 0.717) is 32.5 Å². The number of fused-ring (bicyclic) bond motifs is 1. The summed E-state index contributed by atoms with van der Waals surface area (Å²) in [5.41, 5.74) is -2.63. The van der Waals surface area contributed by atoms with E-state index in [4.69, 9.17) is 0 Å². The Hall–Kier alpha value is -1.17. The Morgan fingerprint density at radius 2 is 2.10 bits per heavy atom. The predicted molar refractivity (Wildman–Crippen MR) is 69.9 cm³/mol. The van der Waals surface area contributed by atoms with Crippen molar-refractivity contribution >= 4 is 11.9 Å². The van der Waals surface area contributed by atoms with Gasteiger partial charge in [0.2, 0.25) is 0 Å². The molecule has 0 aromatic heterocycles. The van der Waals surface area contributed by atoms with Gasteiger partial charge in [-0.3, -0.25) is 9.59 Å². The molecule has 0 aromatic rings. The number of nitrogens with one attached hydrogen (secondary N) is 1. The molecule has 2 atom stereocenters. The average Bonchev–Trinajstić information content (AvgIpc) is 2.97. The molecule has 1 saturated carbocycles. The molecule has 20 heavy (non-hydrogen) atoms. The van der Waals surface area contributed by atoms with E-state index in [2.05, 4.69) is 5.32 Å². The fourth-order valence-corrected chi connectivity index (χ4v) is 4.01. The molecular formula is C14H21FN2O3. The smallest absolute Gasteiger partial charge is 0.311 e. The Bertz CT molecular complexity index is 436. The van der Waals surface area contributed by atoms with Crippen molar-refractivity contribution in [3.63, 3.8) is 0 Å². The number of carboxylic acids is 1. The molecule has 1 aliphatic carbocycles. The standard InChI is InChI=1S/C14H21FN2O3/c15-14-5-6-16-7-10(14)8-17(11(14)18)9-13(12(19)20)3-1-2-4-13/h10,16H,1-9H2,(H,19,20). The van der Waals surface area contributed by atoms with Crippen LogP contribution >= 0.6 is 0 Å². The molecule has 2 unspecified atom stereocenters. The average molecular weight is 284 g/mol. The Balaban J connectivity index is 1.78. The first kappa shape index (κ1) is 13.8. The summed E-state index contributed by atoms with van der Waals surface area (Å²) in [5.74, 6) is -1.67. The van der Waals surface area contributed by atoms with Gasteiger partial charge in [-0.2, -0.15) is 0 Å². The van der Waals surface area contributed by atoms with Crippen molar-refractivity contribution in [2.24, 2.45) is 11.3 Å². The summed E-state index contributed by atoms with van der Waals surface area (Å²) in [5, 5.41) is 12.6. The second-order valence-corrected chi connectivity index (χ2v) is 6.49. The monoisotopic (exact) mass is 284 g/mol. The topological polar surface area (TPSA) is 69.6 Å². The van der Waals surface area contributed by atoms with E-state index in [1.807, 2.05) is 0 Å². The van der Waals surface area contributed by atoms with Gasteiger partial charge in [0.25, 0.3) is 5.91 Å². The lowest BCUT2D eigenvalue weighted by molar-refractivity contribution is -0.152. The summed E-state index contributed by atoms with van der Waals surface area (Å²) in [7, 11) is 0. The highest BCUT2D eigenvalue weighted by molar-refractivity contribution is 5.89. The van der Waals surface area contributed by atoms with Gasteiger partial charge in [0.05, 0.1) is 5.41 Å². The van der Waals surface area contributed by atoms with Crippen molar-refractivity contribution in [3.05, 3.63) is 0 Å². The third-order valence-electron chi connectivity index (χ3n) is 5.29. The first-order chi connectivity index (χ1) is 9.48. The van der Waals surface area contributed by atoms with Gasteiger partial charge in [-0.1, -0.05) is 12.8 Å². The second kappa shape index (κ2) is 4.69. The maximum Gasteiger partial charge on any atom is 0.311 e. The van der Waals surface area contributed by atoms with E-state index in [1.165, 1.54) is 4.90 Å². The Labute approximate surface area is 117 Å². The van der Waals surface area contributed by atoms with Crippen LogP contribution in [0.5, 0.6) is 0 Å². The third-order valence-corrected chi connectivity index (χ3v) is 5.29. The lowest BCUT2D eigenvalue weighted by Gasteiger charge is -2.30. The van der Waals surface area contributed by atoms with Gasteiger partial charge >= 0.3 is 5.97 Å². The number of aliphatic carboxylic acids is 1. The van der Waals surface area contributed by atoms with Crippen LogP contribution in [0.3, 0.4) is 0 Å². The number of carboxylic acid groups (broad SMARTS) is 1. The van der Waals surface area contributed by atoms with Crippen molar-refractivity contribution in [2.45, 2.75) is 37.8 Å². The van der Waals surface area contributed by atoms with Crippen molar-refractivity contribution in [1.82, 2.24) is 10.2 Å². The molecule has 0 spiro atoms. The minimum absolute atomic E-state index is 0.170. The molecule has 6 heteroatoms. The molecule has 2 N–H and O–H groups in total. The van der Waals surface area contributed by atoms with E-state index in [-0.39, 0.29) is 18.9 Å². The second-order valence-electron chi connectivity index (χ2n) is 6.49. The zero-order valence-corrected chi connectivity index (χ0v) is 11.5. The van der Waals surface area contributed by atoms with Crippen LogP contribution in [0.25, 0.3) is 0 Å². The fraction of sp³-hybridized carbons (Fsp3) is 0.857. The third kappa shape index (κ3) is 1.92. The lowest BCUT2D eigenvalue weighted by atomic mass is 9.85.